The zero-order valence-electron chi connectivity index (χ0n) is 21.5. The summed E-state index contributed by atoms with van der Waals surface area (Å²) in [5.41, 5.74) is 1.44. The minimum atomic E-state index is -0.936. The van der Waals surface area contributed by atoms with Gasteiger partial charge in [-0.15, -0.1) is 0 Å². The molecule has 0 saturated heterocycles. The number of aromatic nitrogens is 1. The van der Waals surface area contributed by atoms with Crippen molar-refractivity contribution in [1.29, 1.82) is 0 Å². The average Bonchev–Trinajstić information content (AvgIpc) is 3.22. The summed E-state index contributed by atoms with van der Waals surface area (Å²) in [6.45, 7) is 1.21. The summed E-state index contributed by atoms with van der Waals surface area (Å²) >= 11 is 12.4. The van der Waals surface area contributed by atoms with Crippen LogP contribution in [-0.4, -0.2) is 43.9 Å². The second-order valence-electron chi connectivity index (χ2n) is 10.0. The molecule has 1 unspecified atom stereocenters. The molecule has 0 spiro atoms. The first-order valence-corrected chi connectivity index (χ1v) is 13.9. The minimum absolute atomic E-state index is 0.0396. The van der Waals surface area contributed by atoms with Gasteiger partial charge < -0.3 is 20.1 Å². The number of ether oxygens (including phenoxy) is 1. The fraction of sp³-hybridized carbons (Fsp3) is 0.414. The standard InChI is InChI=1S/C29H33Cl2FN2O5/c30-22-8-7-21(15-23(22)31)25(16-29(37)38)33(17-19-4-2-1-3-5-19)18-20-6-9-26(24(32)14-20)39-13-12-34-27(35)10-11-28(34)36/h6-11,14-15,19,25,35-36H,1-5,12-13,16-18H2,(H,37,38). The third-order valence-corrected chi connectivity index (χ3v) is 7.98. The van der Waals surface area contributed by atoms with Gasteiger partial charge in [-0.25, -0.2) is 4.39 Å². The van der Waals surface area contributed by atoms with Gasteiger partial charge in [0.25, 0.3) is 0 Å². The zero-order chi connectivity index (χ0) is 27.9. The van der Waals surface area contributed by atoms with Crippen molar-refractivity contribution < 1.29 is 29.2 Å². The lowest BCUT2D eigenvalue weighted by Gasteiger charge is -2.35. The Morgan fingerprint density at radius 2 is 1.74 bits per heavy atom. The van der Waals surface area contributed by atoms with E-state index in [1.807, 2.05) is 0 Å². The van der Waals surface area contributed by atoms with Crippen LogP contribution in [0.4, 0.5) is 4.39 Å². The molecule has 0 radical (unpaired) electrons. The Balaban J connectivity index is 1.53. The SMILES string of the molecule is O=C(O)CC(c1ccc(Cl)c(Cl)c1)N(Cc1ccc(OCCn2c(O)ccc2O)c(F)c1)CC1CCCCC1. The lowest BCUT2D eigenvalue weighted by molar-refractivity contribution is -0.138. The molecule has 0 aliphatic heterocycles. The average molecular weight is 579 g/mol. The first kappa shape index (κ1) is 29.1. The Hall–Kier alpha value is -2.94. The number of carboxylic acids is 1. The minimum Gasteiger partial charge on any atom is -0.494 e. The maximum absolute atomic E-state index is 15.0. The third-order valence-electron chi connectivity index (χ3n) is 7.24. The van der Waals surface area contributed by atoms with Crippen LogP contribution in [-0.2, 0) is 17.9 Å². The highest BCUT2D eigenvalue weighted by molar-refractivity contribution is 6.42. The van der Waals surface area contributed by atoms with Gasteiger partial charge in [0, 0.05) is 31.3 Å². The second-order valence-corrected chi connectivity index (χ2v) is 10.8. The summed E-state index contributed by atoms with van der Waals surface area (Å²) < 4.78 is 21.8. The Kier molecular flexibility index (Phi) is 9.99. The molecule has 1 heterocycles. The third kappa shape index (κ3) is 7.81. The van der Waals surface area contributed by atoms with E-state index >= 15 is 4.39 Å². The molecule has 4 rings (SSSR count). The molecular weight excluding hydrogens is 546 g/mol. The van der Waals surface area contributed by atoms with E-state index in [4.69, 9.17) is 27.9 Å². The molecule has 3 aromatic rings. The largest absolute Gasteiger partial charge is 0.494 e. The van der Waals surface area contributed by atoms with Crippen molar-refractivity contribution in [2.45, 2.75) is 57.7 Å². The van der Waals surface area contributed by atoms with Gasteiger partial charge in [0.05, 0.1) is 23.0 Å². The normalized spacial score (nSPS) is 15.0. The predicted octanol–water partition coefficient (Wildman–Crippen LogP) is 7.02. The summed E-state index contributed by atoms with van der Waals surface area (Å²) in [6.07, 6.45) is 5.52. The van der Waals surface area contributed by atoms with Gasteiger partial charge in [-0.3, -0.25) is 14.3 Å². The summed E-state index contributed by atoms with van der Waals surface area (Å²) in [5.74, 6) is -1.22. The monoisotopic (exact) mass is 578 g/mol. The quantitative estimate of drug-likeness (QED) is 0.214. The zero-order valence-corrected chi connectivity index (χ0v) is 23.0. The number of halogens is 3. The molecule has 10 heteroatoms. The topological polar surface area (TPSA) is 95.2 Å². The van der Waals surface area contributed by atoms with Crippen molar-refractivity contribution in [3.05, 3.63) is 75.5 Å². The number of hydrogen-bond acceptors (Lipinski definition) is 5. The van der Waals surface area contributed by atoms with Crippen LogP contribution in [0.1, 0.15) is 55.7 Å². The Morgan fingerprint density at radius 3 is 2.38 bits per heavy atom. The molecule has 1 atom stereocenters. The molecular formula is C29H33Cl2FN2O5. The molecule has 1 aromatic heterocycles. The van der Waals surface area contributed by atoms with Crippen LogP contribution in [0.15, 0.2) is 48.5 Å². The number of carbonyl (C=O) groups is 1. The number of carboxylic acid groups (broad SMARTS) is 1. The summed E-state index contributed by atoms with van der Waals surface area (Å²) in [6, 6.07) is 12.1. The van der Waals surface area contributed by atoms with E-state index in [-0.39, 0.29) is 37.1 Å². The molecule has 1 fully saturated rings. The van der Waals surface area contributed by atoms with Gasteiger partial charge in [0.1, 0.15) is 6.61 Å². The van der Waals surface area contributed by atoms with Crippen molar-refractivity contribution in [1.82, 2.24) is 9.47 Å². The highest BCUT2D eigenvalue weighted by Crippen LogP contribution is 2.34. The van der Waals surface area contributed by atoms with Crippen molar-refractivity contribution >= 4 is 29.2 Å². The summed E-state index contributed by atoms with van der Waals surface area (Å²) in [4.78, 5) is 14.0. The van der Waals surface area contributed by atoms with E-state index in [0.29, 0.717) is 34.6 Å². The van der Waals surface area contributed by atoms with Crippen LogP contribution in [0.3, 0.4) is 0 Å². The second kappa shape index (κ2) is 13.4. The first-order chi connectivity index (χ1) is 18.7. The number of rotatable bonds is 12. The van der Waals surface area contributed by atoms with Gasteiger partial charge in [-0.2, -0.15) is 0 Å². The van der Waals surface area contributed by atoms with E-state index < -0.39 is 17.8 Å². The molecule has 39 heavy (non-hydrogen) atoms. The van der Waals surface area contributed by atoms with Crippen LogP contribution in [0.5, 0.6) is 17.5 Å². The van der Waals surface area contributed by atoms with E-state index in [9.17, 15) is 20.1 Å². The molecule has 2 aromatic carbocycles. The fourth-order valence-electron chi connectivity index (χ4n) is 5.26. The van der Waals surface area contributed by atoms with Crippen molar-refractivity contribution in [3.63, 3.8) is 0 Å². The van der Waals surface area contributed by atoms with E-state index in [0.717, 1.165) is 31.2 Å². The molecule has 1 aliphatic rings. The molecule has 1 saturated carbocycles. The lowest BCUT2D eigenvalue weighted by Crippen LogP contribution is -2.35. The van der Waals surface area contributed by atoms with E-state index in [1.54, 1.807) is 30.3 Å². The van der Waals surface area contributed by atoms with Crippen LogP contribution < -0.4 is 4.74 Å². The van der Waals surface area contributed by atoms with Gasteiger partial charge in [-0.1, -0.05) is 54.6 Å². The van der Waals surface area contributed by atoms with Gasteiger partial charge >= 0.3 is 5.97 Å². The maximum Gasteiger partial charge on any atom is 0.305 e. The number of aromatic hydroxyl groups is 2. The number of nitrogens with zero attached hydrogens (tertiary/aromatic N) is 2. The first-order valence-electron chi connectivity index (χ1n) is 13.1. The van der Waals surface area contributed by atoms with Crippen LogP contribution >= 0.6 is 23.2 Å². The van der Waals surface area contributed by atoms with Gasteiger partial charge in [-0.05, 0) is 54.2 Å². The summed E-state index contributed by atoms with van der Waals surface area (Å²) in [7, 11) is 0. The molecule has 1 aliphatic carbocycles. The lowest BCUT2D eigenvalue weighted by atomic mass is 9.88. The Labute approximate surface area is 237 Å². The van der Waals surface area contributed by atoms with E-state index in [2.05, 4.69) is 4.90 Å². The van der Waals surface area contributed by atoms with Crippen LogP contribution in [0, 0.1) is 11.7 Å². The molecule has 210 valence electrons. The fourth-order valence-corrected chi connectivity index (χ4v) is 5.57. The molecule has 0 amide bonds. The smallest absolute Gasteiger partial charge is 0.305 e. The van der Waals surface area contributed by atoms with Crippen molar-refractivity contribution in [3.8, 4) is 17.5 Å². The molecule has 7 nitrogen and oxygen atoms in total. The Morgan fingerprint density at radius 1 is 1.03 bits per heavy atom. The maximum atomic E-state index is 15.0. The number of benzene rings is 2. The highest BCUT2D eigenvalue weighted by Gasteiger charge is 2.27. The number of aliphatic carboxylic acids is 1. The molecule has 0 bridgehead atoms. The van der Waals surface area contributed by atoms with Gasteiger partial charge in [0.2, 0.25) is 0 Å². The summed E-state index contributed by atoms with van der Waals surface area (Å²) in [5, 5.41) is 30.0. The van der Waals surface area contributed by atoms with Gasteiger partial charge in [0.15, 0.2) is 23.3 Å². The molecule has 3 N–H and O–H groups in total. The van der Waals surface area contributed by atoms with Crippen LogP contribution in [0.25, 0.3) is 0 Å². The number of hydrogen-bond donors (Lipinski definition) is 3. The van der Waals surface area contributed by atoms with Crippen LogP contribution in [0.2, 0.25) is 10.0 Å². The van der Waals surface area contributed by atoms with E-state index in [1.165, 1.54) is 29.2 Å². The van der Waals surface area contributed by atoms with Crippen molar-refractivity contribution in [2.75, 3.05) is 13.2 Å². The predicted molar refractivity (Wildman–Crippen MR) is 148 cm³/mol. The Bertz CT molecular complexity index is 1260. The van der Waals surface area contributed by atoms with Crippen molar-refractivity contribution in [2.24, 2.45) is 5.92 Å². The highest BCUT2D eigenvalue weighted by atomic mass is 35.5.